The van der Waals surface area contributed by atoms with E-state index < -0.39 is 0 Å². The summed E-state index contributed by atoms with van der Waals surface area (Å²) >= 11 is 0. The van der Waals surface area contributed by atoms with E-state index in [9.17, 15) is 0 Å². The van der Waals surface area contributed by atoms with Gasteiger partial charge in [0.15, 0.2) is 17.5 Å². The molecule has 2 N–H and O–H groups in total. The summed E-state index contributed by atoms with van der Waals surface area (Å²) < 4.78 is 10.7. The van der Waals surface area contributed by atoms with E-state index in [4.69, 9.17) is 14.5 Å². The van der Waals surface area contributed by atoms with Crippen molar-refractivity contribution < 1.29 is 9.47 Å². The Morgan fingerprint density at radius 3 is 2.37 bits per heavy atom. The van der Waals surface area contributed by atoms with Crippen molar-refractivity contribution in [1.29, 1.82) is 0 Å². The number of likely N-dealkylation sites (N-methyl/N-ethyl adjacent to an activating group) is 1. The molecule has 0 unspecified atom stereocenters. The number of methoxy groups -OCH3 is 2. The zero-order valence-corrected chi connectivity index (χ0v) is 20.8. The van der Waals surface area contributed by atoms with Crippen LogP contribution in [0.3, 0.4) is 0 Å². The maximum atomic E-state index is 5.37. The molecule has 0 saturated heterocycles. The van der Waals surface area contributed by atoms with Crippen molar-refractivity contribution in [1.82, 2.24) is 15.5 Å². The Labute approximate surface area is 198 Å². The van der Waals surface area contributed by atoms with Crippen LogP contribution in [0.1, 0.15) is 18.1 Å². The molecule has 0 aliphatic carbocycles. The molecule has 0 atom stereocenters. The molecule has 2 aromatic rings. The van der Waals surface area contributed by atoms with Crippen LogP contribution in [0.5, 0.6) is 11.5 Å². The average Bonchev–Trinajstić information content (AvgIpc) is 2.74. The second-order valence-corrected chi connectivity index (χ2v) is 6.85. The van der Waals surface area contributed by atoms with Crippen molar-refractivity contribution in [3.05, 3.63) is 59.7 Å². The second kappa shape index (κ2) is 14.9. The van der Waals surface area contributed by atoms with E-state index in [0.29, 0.717) is 0 Å². The van der Waals surface area contributed by atoms with E-state index in [-0.39, 0.29) is 24.0 Å². The molecule has 0 heterocycles. The van der Waals surface area contributed by atoms with Gasteiger partial charge in [-0.1, -0.05) is 36.4 Å². The van der Waals surface area contributed by atoms with Crippen LogP contribution in [-0.4, -0.2) is 58.3 Å². The summed E-state index contributed by atoms with van der Waals surface area (Å²) in [4.78, 5) is 6.98. The molecule has 0 spiro atoms. The molecule has 0 amide bonds. The van der Waals surface area contributed by atoms with Crippen molar-refractivity contribution in [3.63, 3.8) is 0 Å². The first kappa shape index (κ1) is 26.0. The number of nitrogens with zero attached hydrogens (tertiary/aromatic N) is 2. The van der Waals surface area contributed by atoms with Gasteiger partial charge in [0.05, 0.1) is 20.8 Å². The van der Waals surface area contributed by atoms with Crippen LogP contribution < -0.4 is 20.1 Å². The van der Waals surface area contributed by atoms with Crippen molar-refractivity contribution in [2.75, 3.05) is 47.4 Å². The minimum atomic E-state index is 0. The molecule has 0 aromatic heterocycles. The molecular weight excluding hydrogens is 491 g/mol. The largest absolute Gasteiger partial charge is 0.493 e. The van der Waals surface area contributed by atoms with E-state index in [0.717, 1.165) is 56.6 Å². The number of nitrogens with one attached hydrogen (secondary N) is 2. The first-order valence-electron chi connectivity index (χ1n) is 10.1. The summed E-state index contributed by atoms with van der Waals surface area (Å²) in [7, 11) is 5.43. The number of halogens is 1. The number of hydrogen-bond donors (Lipinski definition) is 2. The Kier molecular flexibility index (Phi) is 12.9. The molecular formula is C23H35IN4O2. The summed E-state index contributed by atoms with van der Waals surface area (Å²) in [6.45, 7) is 6.28. The van der Waals surface area contributed by atoms with Crippen molar-refractivity contribution in [3.8, 4) is 11.5 Å². The van der Waals surface area contributed by atoms with E-state index in [1.54, 1.807) is 14.2 Å². The number of guanidine groups is 1. The number of aliphatic imine (C=N–C) groups is 1. The van der Waals surface area contributed by atoms with Gasteiger partial charge in [0, 0.05) is 26.2 Å². The van der Waals surface area contributed by atoms with Gasteiger partial charge < -0.3 is 25.0 Å². The third-order valence-corrected chi connectivity index (χ3v) is 4.55. The Morgan fingerprint density at radius 1 is 0.967 bits per heavy atom. The maximum absolute atomic E-state index is 5.37. The molecule has 0 bridgehead atoms. The molecule has 0 fully saturated rings. The first-order chi connectivity index (χ1) is 14.2. The number of hydrogen-bond acceptors (Lipinski definition) is 4. The van der Waals surface area contributed by atoms with E-state index in [1.165, 1.54) is 11.1 Å². The van der Waals surface area contributed by atoms with Crippen LogP contribution in [0.15, 0.2) is 53.5 Å². The van der Waals surface area contributed by atoms with Crippen LogP contribution >= 0.6 is 24.0 Å². The summed E-state index contributed by atoms with van der Waals surface area (Å²) in [5.74, 6) is 2.35. The predicted molar refractivity (Wildman–Crippen MR) is 135 cm³/mol. The Hall–Kier alpha value is -2.00. The smallest absolute Gasteiger partial charge is 0.191 e. The highest BCUT2D eigenvalue weighted by Crippen LogP contribution is 2.27. The van der Waals surface area contributed by atoms with E-state index >= 15 is 0 Å². The van der Waals surface area contributed by atoms with E-state index in [2.05, 4.69) is 59.8 Å². The summed E-state index contributed by atoms with van der Waals surface area (Å²) in [6.07, 6.45) is 0.874. The molecule has 0 aliphatic heterocycles. The van der Waals surface area contributed by atoms with E-state index in [1.807, 2.05) is 18.2 Å². The number of benzene rings is 2. The molecule has 166 valence electrons. The van der Waals surface area contributed by atoms with Crippen LogP contribution in [-0.2, 0) is 13.0 Å². The highest BCUT2D eigenvalue weighted by molar-refractivity contribution is 14.0. The zero-order chi connectivity index (χ0) is 20.9. The van der Waals surface area contributed by atoms with Gasteiger partial charge >= 0.3 is 0 Å². The standard InChI is InChI=1S/C23H34N4O2.HI/c1-5-24-23(26-15-16-27(2)18-20-9-7-6-8-10-20)25-14-13-19-11-12-21(28-3)22(17-19)29-4;/h6-12,17H,5,13-16,18H2,1-4H3,(H2,24,25,26);1H. The lowest BCUT2D eigenvalue weighted by molar-refractivity contribution is 0.336. The molecule has 2 aromatic carbocycles. The van der Waals surface area contributed by atoms with Crippen molar-refractivity contribution in [2.45, 2.75) is 19.9 Å². The van der Waals surface area contributed by atoms with Gasteiger partial charge in [-0.25, -0.2) is 0 Å². The third kappa shape index (κ3) is 9.21. The normalized spacial score (nSPS) is 11.0. The van der Waals surface area contributed by atoms with Gasteiger partial charge in [0.1, 0.15) is 0 Å². The molecule has 7 heteroatoms. The Bertz CT molecular complexity index is 756. The lowest BCUT2D eigenvalue weighted by Crippen LogP contribution is -2.38. The fourth-order valence-electron chi connectivity index (χ4n) is 3.01. The first-order valence-corrected chi connectivity index (χ1v) is 10.1. The highest BCUT2D eigenvalue weighted by Gasteiger charge is 2.05. The number of ether oxygens (including phenoxy) is 2. The highest BCUT2D eigenvalue weighted by atomic mass is 127. The molecule has 2 rings (SSSR count). The topological polar surface area (TPSA) is 58.1 Å². The predicted octanol–water partition coefficient (Wildman–Crippen LogP) is 3.55. The van der Waals surface area contributed by atoms with Crippen LogP contribution in [0.4, 0.5) is 0 Å². The van der Waals surface area contributed by atoms with Gasteiger partial charge in [-0.2, -0.15) is 0 Å². The van der Waals surface area contributed by atoms with Gasteiger partial charge in [-0.3, -0.25) is 4.99 Å². The fraction of sp³-hybridized carbons (Fsp3) is 0.435. The summed E-state index contributed by atoms with van der Waals surface area (Å²) in [5.41, 5.74) is 2.51. The van der Waals surface area contributed by atoms with Crippen LogP contribution in [0.25, 0.3) is 0 Å². The second-order valence-electron chi connectivity index (χ2n) is 6.85. The lowest BCUT2D eigenvalue weighted by atomic mass is 10.1. The zero-order valence-electron chi connectivity index (χ0n) is 18.5. The van der Waals surface area contributed by atoms with Gasteiger partial charge in [-0.05, 0) is 43.7 Å². The van der Waals surface area contributed by atoms with Crippen molar-refractivity contribution >= 4 is 29.9 Å². The monoisotopic (exact) mass is 526 g/mol. The maximum Gasteiger partial charge on any atom is 0.191 e. The van der Waals surface area contributed by atoms with Crippen LogP contribution in [0.2, 0.25) is 0 Å². The van der Waals surface area contributed by atoms with Crippen LogP contribution in [0, 0.1) is 0 Å². The Balaban J connectivity index is 0.00000450. The summed E-state index contributed by atoms with van der Waals surface area (Å²) in [6, 6.07) is 16.5. The molecule has 6 nitrogen and oxygen atoms in total. The van der Waals surface area contributed by atoms with Crippen molar-refractivity contribution in [2.24, 2.45) is 4.99 Å². The molecule has 30 heavy (non-hydrogen) atoms. The molecule has 0 aliphatic rings. The van der Waals surface area contributed by atoms with Gasteiger partial charge in [-0.15, -0.1) is 24.0 Å². The number of rotatable bonds is 11. The minimum Gasteiger partial charge on any atom is -0.493 e. The van der Waals surface area contributed by atoms with Gasteiger partial charge in [0.25, 0.3) is 0 Å². The SMILES string of the molecule is CCNC(=NCCN(C)Cc1ccccc1)NCCc1ccc(OC)c(OC)c1.I. The quantitative estimate of drug-likeness (QED) is 0.267. The third-order valence-electron chi connectivity index (χ3n) is 4.55. The molecule has 0 saturated carbocycles. The minimum absolute atomic E-state index is 0. The summed E-state index contributed by atoms with van der Waals surface area (Å²) in [5, 5.41) is 6.72. The Morgan fingerprint density at radius 2 is 1.70 bits per heavy atom. The average molecular weight is 526 g/mol. The molecule has 0 radical (unpaired) electrons. The fourth-order valence-corrected chi connectivity index (χ4v) is 3.01. The lowest BCUT2D eigenvalue weighted by Gasteiger charge is -2.16. The van der Waals surface area contributed by atoms with Gasteiger partial charge in [0.2, 0.25) is 0 Å².